The van der Waals surface area contributed by atoms with Gasteiger partial charge in [-0.1, -0.05) is 6.92 Å². The maximum absolute atomic E-state index is 14.5. The van der Waals surface area contributed by atoms with Crippen molar-refractivity contribution in [2.45, 2.75) is 44.1 Å². The number of anilines is 1. The SMILES string of the molecule is CCc1cnc(C23CC(C2)C(N2CCN(c4ccc(C(=O)NC)nc4F)CC2)C3)[nH]c1=O. The highest BCUT2D eigenvalue weighted by atomic mass is 19.1. The molecule has 6 rings (SSSR count). The lowest BCUT2D eigenvalue weighted by Crippen LogP contribution is -2.51. The van der Waals surface area contributed by atoms with Gasteiger partial charge in [-0.25, -0.2) is 9.97 Å². The summed E-state index contributed by atoms with van der Waals surface area (Å²) in [7, 11) is 1.50. The second-order valence-electron chi connectivity index (χ2n) is 9.27. The van der Waals surface area contributed by atoms with E-state index >= 15 is 0 Å². The van der Waals surface area contributed by atoms with Crippen LogP contribution in [0.2, 0.25) is 0 Å². The Labute approximate surface area is 186 Å². The Hall–Kier alpha value is -2.81. The van der Waals surface area contributed by atoms with E-state index in [1.54, 1.807) is 18.3 Å². The number of fused-ring (bicyclic) bond motifs is 1. The molecule has 4 aliphatic rings. The summed E-state index contributed by atoms with van der Waals surface area (Å²) in [5.74, 6) is 0.478. The van der Waals surface area contributed by atoms with Crippen LogP contribution in [0.25, 0.3) is 0 Å². The minimum Gasteiger partial charge on any atom is -0.365 e. The van der Waals surface area contributed by atoms with E-state index in [4.69, 9.17) is 0 Å². The molecule has 1 saturated heterocycles. The predicted molar refractivity (Wildman–Crippen MR) is 118 cm³/mol. The highest BCUT2D eigenvalue weighted by Gasteiger charge is 2.59. The number of rotatable bonds is 5. The van der Waals surface area contributed by atoms with Gasteiger partial charge in [0.15, 0.2) is 0 Å². The van der Waals surface area contributed by atoms with Gasteiger partial charge in [-0.05, 0) is 43.7 Å². The molecule has 2 N–H and O–H groups in total. The Balaban J connectivity index is 1.23. The van der Waals surface area contributed by atoms with Crippen molar-refractivity contribution in [2.24, 2.45) is 5.92 Å². The molecule has 1 unspecified atom stereocenters. The predicted octanol–water partition coefficient (Wildman–Crippen LogP) is 1.47. The van der Waals surface area contributed by atoms with Crippen LogP contribution in [-0.4, -0.2) is 65.0 Å². The number of aromatic amines is 1. The van der Waals surface area contributed by atoms with Gasteiger partial charge in [0.1, 0.15) is 11.5 Å². The van der Waals surface area contributed by atoms with Gasteiger partial charge in [-0.15, -0.1) is 0 Å². The van der Waals surface area contributed by atoms with Crippen molar-refractivity contribution < 1.29 is 9.18 Å². The quantitative estimate of drug-likeness (QED) is 0.684. The van der Waals surface area contributed by atoms with E-state index in [0.29, 0.717) is 37.2 Å². The fourth-order valence-corrected chi connectivity index (χ4v) is 5.82. The van der Waals surface area contributed by atoms with E-state index in [9.17, 15) is 14.0 Å². The lowest BCUT2D eigenvalue weighted by Gasteiger charge is -2.41. The van der Waals surface area contributed by atoms with Gasteiger partial charge in [-0.2, -0.15) is 4.39 Å². The maximum Gasteiger partial charge on any atom is 0.269 e. The van der Waals surface area contributed by atoms with Gasteiger partial charge >= 0.3 is 0 Å². The first-order valence-corrected chi connectivity index (χ1v) is 11.4. The summed E-state index contributed by atoms with van der Waals surface area (Å²) in [5.41, 5.74) is 1.26. The van der Waals surface area contributed by atoms with Crippen molar-refractivity contribution >= 4 is 11.6 Å². The molecule has 0 aromatic carbocycles. The molecule has 2 aromatic rings. The Morgan fingerprint density at radius 1 is 1.25 bits per heavy atom. The molecule has 1 aliphatic heterocycles. The van der Waals surface area contributed by atoms with E-state index in [1.807, 2.05) is 11.8 Å². The normalized spacial score (nSPS) is 27.3. The molecule has 3 heterocycles. The zero-order valence-electron chi connectivity index (χ0n) is 18.5. The molecule has 32 heavy (non-hydrogen) atoms. The second kappa shape index (κ2) is 7.95. The molecule has 1 amide bonds. The van der Waals surface area contributed by atoms with E-state index in [0.717, 1.165) is 43.7 Å². The topological polar surface area (TPSA) is 94.2 Å². The van der Waals surface area contributed by atoms with Crippen LogP contribution in [-0.2, 0) is 11.8 Å². The molecule has 2 bridgehead atoms. The molecule has 1 atom stereocenters. The largest absolute Gasteiger partial charge is 0.365 e. The Bertz CT molecular complexity index is 1090. The summed E-state index contributed by atoms with van der Waals surface area (Å²) >= 11 is 0. The molecule has 170 valence electrons. The van der Waals surface area contributed by atoms with Gasteiger partial charge in [0, 0.05) is 56.4 Å². The van der Waals surface area contributed by atoms with Crippen LogP contribution in [0.4, 0.5) is 10.1 Å². The molecule has 8 nitrogen and oxygen atoms in total. The lowest BCUT2D eigenvalue weighted by atomic mass is 9.69. The van der Waals surface area contributed by atoms with E-state index in [1.165, 1.54) is 7.05 Å². The average Bonchev–Trinajstić information content (AvgIpc) is 3.36. The third-order valence-corrected chi connectivity index (χ3v) is 7.62. The van der Waals surface area contributed by atoms with Crippen molar-refractivity contribution in [1.29, 1.82) is 0 Å². The zero-order valence-corrected chi connectivity index (χ0v) is 18.5. The van der Waals surface area contributed by atoms with Gasteiger partial charge < -0.3 is 15.2 Å². The van der Waals surface area contributed by atoms with Crippen LogP contribution in [0, 0.1) is 11.9 Å². The number of pyridine rings is 1. The number of nitrogens with zero attached hydrogens (tertiary/aromatic N) is 4. The number of aromatic nitrogens is 3. The number of halogens is 1. The summed E-state index contributed by atoms with van der Waals surface area (Å²) in [6.45, 7) is 5.11. The zero-order chi connectivity index (χ0) is 22.5. The van der Waals surface area contributed by atoms with E-state index in [-0.39, 0.29) is 16.7 Å². The van der Waals surface area contributed by atoms with Gasteiger partial charge in [0.05, 0.1) is 5.69 Å². The lowest BCUT2D eigenvalue weighted by molar-refractivity contribution is 0.0957. The number of nitrogens with one attached hydrogen (secondary N) is 2. The third-order valence-electron chi connectivity index (χ3n) is 7.62. The van der Waals surface area contributed by atoms with Crippen molar-refractivity contribution in [3.05, 3.63) is 51.7 Å². The summed E-state index contributed by atoms with van der Waals surface area (Å²) < 4.78 is 14.5. The van der Waals surface area contributed by atoms with Crippen molar-refractivity contribution in [3.63, 3.8) is 0 Å². The van der Waals surface area contributed by atoms with Crippen molar-refractivity contribution in [1.82, 2.24) is 25.2 Å². The van der Waals surface area contributed by atoms with Gasteiger partial charge in [0.25, 0.3) is 11.5 Å². The molecule has 3 saturated carbocycles. The molecule has 0 spiro atoms. The molecule has 2 aromatic heterocycles. The van der Waals surface area contributed by atoms with Crippen molar-refractivity contribution in [2.75, 3.05) is 38.1 Å². The van der Waals surface area contributed by atoms with Crippen LogP contribution in [0.3, 0.4) is 0 Å². The smallest absolute Gasteiger partial charge is 0.269 e. The Morgan fingerprint density at radius 3 is 2.62 bits per heavy atom. The molecule has 3 aliphatic carbocycles. The highest BCUT2D eigenvalue weighted by molar-refractivity contribution is 5.92. The number of aryl methyl sites for hydroxylation is 1. The van der Waals surface area contributed by atoms with E-state index in [2.05, 4.69) is 25.2 Å². The highest BCUT2D eigenvalue weighted by Crippen LogP contribution is 2.60. The number of hydrogen-bond donors (Lipinski definition) is 2. The summed E-state index contributed by atoms with van der Waals surface area (Å²) in [6.07, 6.45) is 5.59. The molecule has 0 radical (unpaired) electrons. The first-order chi connectivity index (χ1) is 15.4. The number of piperazine rings is 1. The van der Waals surface area contributed by atoms with Crippen LogP contribution in [0.5, 0.6) is 0 Å². The summed E-state index contributed by atoms with van der Waals surface area (Å²) in [4.78, 5) is 40.0. The fourth-order valence-electron chi connectivity index (χ4n) is 5.82. The maximum atomic E-state index is 14.5. The Morgan fingerprint density at radius 2 is 2.00 bits per heavy atom. The van der Waals surface area contributed by atoms with Gasteiger partial charge in [0.2, 0.25) is 5.95 Å². The minimum absolute atomic E-state index is 0.00358. The number of carbonyl (C=O) groups excluding carboxylic acids is 1. The number of hydrogen-bond acceptors (Lipinski definition) is 6. The van der Waals surface area contributed by atoms with Crippen molar-refractivity contribution in [3.8, 4) is 0 Å². The molecule has 9 heteroatoms. The summed E-state index contributed by atoms with van der Waals surface area (Å²) in [6, 6.07) is 3.69. The average molecular weight is 441 g/mol. The molecular weight excluding hydrogens is 411 g/mol. The number of carbonyl (C=O) groups is 1. The van der Waals surface area contributed by atoms with Crippen LogP contribution in [0.1, 0.15) is 48.1 Å². The van der Waals surface area contributed by atoms with Crippen LogP contribution < -0.4 is 15.8 Å². The monoisotopic (exact) mass is 440 g/mol. The molecular formula is C23H29FN6O2. The third kappa shape index (κ3) is 3.39. The van der Waals surface area contributed by atoms with Gasteiger partial charge in [-0.3, -0.25) is 14.5 Å². The van der Waals surface area contributed by atoms with E-state index < -0.39 is 11.9 Å². The Kier molecular flexibility index (Phi) is 5.23. The first-order valence-electron chi connectivity index (χ1n) is 11.4. The molecule has 4 fully saturated rings. The standard InChI is InChI=1S/C23H29FN6O2/c1-3-14-13-26-22(28-20(14)31)23-10-15(11-23)18(12-23)30-8-6-29(7-9-30)17-5-4-16(21(32)25-2)27-19(17)24/h4-5,13,15,18H,3,6-12H2,1-2H3,(H,25,32)(H,26,28,31). The second-order valence-corrected chi connectivity index (χ2v) is 9.27. The summed E-state index contributed by atoms with van der Waals surface area (Å²) in [5, 5.41) is 2.46. The number of amides is 1. The minimum atomic E-state index is -0.604. The van der Waals surface area contributed by atoms with Crippen LogP contribution in [0.15, 0.2) is 23.1 Å². The van der Waals surface area contributed by atoms with Crippen LogP contribution >= 0.6 is 0 Å². The number of H-pyrrole nitrogens is 1. The first kappa shape index (κ1) is 21.1. The fraction of sp³-hybridized carbons (Fsp3) is 0.565.